The highest BCUT2D eigenvalue weighted by molar-refractivity contribution is 6.30. The summed E-state index contributed by atoms with van der Waals surface area (Å²) in [6.07, 6.45) is -3.16. The number of alkyl halides is 3. The number of halogens is 4. The summed E-state index contributed by atoms with van der Waals surface area (Å²) in [6, 6.07) is 12.0. The van der Waals surface area contributed by atoms with E-state index in [9.17, 15) is 22.8 Å². The van der Waals surface area contributed by atoms with Gasteiger partial charge in [0.2, 0.25) is 0 Å². The van der Waals surface area contributed by atoms with Crippen molar-refractivity contribution < 1.29 is 18.0 Å². The minimum absolute atomic E-state index is 0.0177. The molecule has 0 aliphatic rings. The van der Waals surface area contributed by atoms with Crippen LogP contribution in [0.2, 0.25) is 5.02 Å². The average Bonchev–Trinajstić information content (AvgIpc) is 2.64. The number of pyridine rings is 1. The Morgan fingerprint density at radius 3 is 2.39 bits per heavy atom. The highest BCUT2D eigenvalue weighted by Crippen LogP contribution is 2.30. The first kappa shape index (κ1) is 19.7. The molecule has 1 N–H and O–H groups in total. The van der Waals surface area contributed by atoms with Crippen LogP contribution in [0.1, 0.15) is 21.5 Å². The van der Waals surface area contributed by atoms with Gasteiger partial charge in [-0.1, -0.05) is 17.7 Å². The number of carbonyl (C=O) groups excluding carboxylic acids is 1. The molecule has 1 aromatic heterocycles. The Balaban J connectivity index is 2.02. The minimum atomic E-state index is -4.54. The van der Waals surface area contributed by atoms with Gasteiger partial charge in [0.25, 0.3) is 11.5 Å². The van der Waals surface area contributed by atoms with Gasteiger partial charge in [0, 0.05) is 22.6 Å². The number of aryl methyl sites for hydroxylation is 1. The summed E-state index contributed by atoms with van der Waals surface area (Å²) in [6.45, 7) is 1.64. The second kappa shape index (κ2) is 7.52. The highest BCUT2D eigenvalue weighted by atomic mass is 35.5. The van der Waals surface area contributed by atoms with Crippen LogP contribution < -0.4 is 10.9 Å². The summed E-state index contributed by atoms with van der Waals surface area (Å²) >= 11 is 5.80. The molecular weight excluding hydrogens is 393 g/mol. The third-order valence-electron chi connectivity index (χ3n) is 3.95. The number of hydrogen-bond donors (Lipinski definition) is 1. The SMILES string of the molecule is Cc1cc(C(=O)Nc2ccc(Cl)cc2)c(=O)n(-c2cccc(C(F)(F)F)c2)c1. The predicted molar refractivity (Wildman–Crippen MR) is 101 cm³/mol. The quantitative estimate of drug-likeness (QED) is 0.660. The van der Waals surface area contributed by atoms with Crippen molar-refractivity contribution >= 4 is 23.2 Å². The summed E-state index contributed by atoms with van der Waals surface area (Å²) in [5.74, 6) is -0.670. The molecule has 3 rings (SSSR count). The Morgan fingerprint density at radius 2 is 1.75 bits per heavy atom. The van der Waals surface area contributed by atoms with Gasteiger partial charge in [0.05, 0.1) is 5.56 Å². The Morgan fingerprint density at radius 1 is 1.07 bits per heavy atom. The fourth-order valence-corrected chi connectivity index (χ4v) is 2.76. The highest BCUT2D eigenvalue weighted by Gasteiger charge is 2.30. The van der Waals surface area contributed by atoms with E-state index in [1.54, 1.807) is 31.2 Å². The molecule has 0 saturated heterocycles. The molecule has 0 unspecified atom stereocenters. The lowest BCUT2D eigenvalue weighted by Gasteiger charge is -2.13. The number of anilines is 1. The molecule has 0 atom stereocenters. The van der Waals surface area contributed by atoms with Crippen molar-refractivity contribution in [1.29, 1.82) is 0 Å². The molecule has 3 aromatic rings. The fourth-order valence-electron chi connectivity index (χ4n) is 2.64. The van der Waals surface area contributed by atoms with Crippen LogP contribution >= 0.6 is 11.6 Å². The van der Waals surface area contributed by atoms with Gasteiger partial charge in [-0.3, -0.25) is 14.2 Å². The number of amides is 1. The van der Waals surface area contributed by atoms with E-state index in [1.807, 2.05) is 0 Å². The first-order chi connectivity index (χ1) is 13.1. The van der Waals surface area contributed by atoms with Crippen LogP contribution in [0.5, 0.6) is 0 Å². The van der Waals surface area contributed by atoms with Gasteiger partial charge in [-0.05, 0) is 61.0 Å². The van der Waals surface area contributed by atoms with Crippen LogP contribution in [-0.4, -0.2) is 10.5 Å². The number of rotatable bonds is 3. The van der Waals surface area contributed by atoms with Crippen molar-refractivity contribution in [3.63, 3.8) is 0 Å². The minimum Gasteiger partial charge on any atom is -0.322 e. The largest absolute Gasteiger partial charge is 0.416 e. The average molecular weight is 407 g/mol. The predicted octanol–water partition coefficient (Wildman–Crippen LogP) is 5.07. The molecule has 4 nitrogen and oxygen atoms in total. The molecule has 1 heterocycles. The maximum Gasteiger partial charge on any atom is 0.416 e. The van der Waals surface area contributed by atoms with Crippen molar-refractivity contribution in [2.75, 3.05) is 5.32 Å². The van der Waals surface area contributed by atoms with Crippen LogP contribution in [0.15, 0.2) is 65.6 Å². The molecule has 0 saturated carbocycles. The van der Waals surface area contributed by atoms with Gasteiger partial charge in [-0.25, -0.2) is 0 Å². The molecule has 1 amide bonds. The van der Waals surface area contributed by atoms with Crippen LogP contribution in [0.4, 0.5) is 18.9 Å². The van der Waals surface area contributed by atoms with Crippen molar-refractivity contribution in [2.24, 2.45) is 0 Å². The molecule has 0 aliphatic carbocycles. The molecule has 2 aromatic carbocycles. The van der Waals surface area contributed by atoms with Gasteiger partial charge < -0.3 is 5.32 Å². The van der Waals surface area contributed by atoms with E-state index in [4.69, 9.17) is 11.6 Å². The summed E-state index contributed by atoms with van der Waals surface area (Å²) in [4.78, 5) is 25.3. The van der Waals surface area contributed by atoms with Crippen LogP contribution in [-0.2, 0) is 6.18 Å². The molecular formula is C20H14ClF3N2O2. The van der Waals surface area contributed by atoms with Crippen LogP contribution in [0.25, 0.3) is 5.69 Å². The Labute approximate surface area is 163 Å². The van der Waals surface area contributed by atoms with Crippen LogP contribution in [0.3, 0.4) is 0 Å². The van der Waals surface area contributed by atoms with Crippen molar-refractivity contribution in [3.8, 4) is 5.69 Å². The van der Waals surface area contributed by atoms with Gasteiger partial charge in [-0.15, -0.1) is 0 Å². The van der Waals surface area contributed by atoms with E-state index in [-0.39, 0.29) is 11.3 Å². The molecule has 0 spiro atoms. The number of nitrogens with zero attached hydrogens (tertiary/aromatic N) is 1. The van der Waals surface area contributed by atoms with Crippen molar-refractivity contribution in [3.05, 3.63) is 92.9 Å². The number of hydrogen-bond acceptors (Lipinski definition) is 2. The number of nitrogens with one attached hydrogen (secondary N) is 1. The maximum atomic E-state index is 13.0. The van der Waals surface area contributed by atoms with E-state index in [2.05, 4.69) is 5.32 Å². The van der Waals surface area contributed by atoms with Gasteiger partial charge in [-0.2, -0.15) is 13.2 Å². The molecule has 0 aliphatic heterocycles. The molecule has 0 fully saturated rings. The summed E-state index contributed by atoms with van der Waals surface area (Å²) in [5, 5.41) is 3.06. The zero-order valence-corrected chi connectivity index (χ0v) is 15.3. The maximum absolute atomic E-state index is 13.0. The lowest BCUT2D eigenvalue weighted by atomic mass is 10.1. The number of benzene rings is 2. The Hall–Kier alpha value is -3.06. The zero-order chi connectivity index (χ0) is 20.5. The monoisotopic (exact) mass is 406 g/mol. The standard InChI is InChI=1S/C20H14ClF3N2O2/c1-12-9-17(18(27)25-15-7-5-14(21)6-8-15)19(28)26(11-12)16-4-2-3-13(10-16)20(22,23)24/h2-11H,1H3,(H,25,27). The van der Waals surface area contributed by atoms with E-state index in [0.29, 0.717) is 16.3 Å². The van der Waals surface area contributed by atoms with Gasteiger partial charge in [0.1, 0.15) is 5.56 Å². The third-order valence-corrected chi connectivity index (χ3v) is 4.20. The third kappa shape index (κ3) is 4.26. The van der Waals surface area contributed by atoms with E-state index in [1.165, 1.54) is 24.4 Å². The fraction of sp³-hybridized carbons (Fsp3) is 0.100. The number of carbonyl (C=O) groups is 1. The smallest absolute Gasteiger partial charge is 0.322 e. The second-order valence-corrected chi connectivity index (χ2v) is 6.55. The number of aromatic nitrogens is 1. The molecule has 0 bridgehead atoms. The van der Waals surface area contributed by atoms with Gasteiger partial charge in [0.15, 0.2) is 0 Å². The van der Waals surface area contributed by atoms with E-state index < -0.39 is 23.2 Å². The summed E-state index contributed by atoms with van der Waals surface area (Å²) in [5.41, 5.74) is -0.808. The molecule has 8 heteroatoms. The molecule has 0 radical (unpaired) electrons. The molecule has 28 heavy (non-hydrogen) atoms. The first-order valence-corrected chi connectivity index (χ1v) is 8.51. The normalized spacial score (nSPS) is 11.3. The lowest BCUT2D eigenvalue weighted by molar-refractivity contribution is -0.137. The van der Waals surface area contributed by atoms with E-state index in [0.717, 1.165) is 16.7 Å². The summed E-state index contributed by atoms with van der Waals surface area (Å²) in [7, 11) is 0. The van der Waals surface area contributed by atoms with E-state index >= 15 is 0 Å². The Kier molecular flexibility index (Phi) is 5.29. The van der Waals surface area contributed by atoms with Crippen molar-refractivity contribution in [1.82, 2.24) is 4.57 Å². The molecule has 144 valence electrons. The summed E-state index contributed by atoms with van der Waals surface area (Å²) < 4.78 is 40.0. The van der Waals surface area contributed by atoms with Crippen LogP contribution in [0, 0.1) is 6.92 Å². The zero-order valence-electron chi connectivity index (χ0n) is 14.5. The lowest BCUT2D eigenvalue weighted by Crippen LogP contribution is -2.28. The van der Waals surface area contributed by atoms with Gasteiger partial charge >= 0.3 is 6.18 Å². The van der Waals surface area contributed by atoms with Crippen molar-refractivity contribution in [2.45, 2.75) is 13.1 Å². The topological polar surface area (TPSA) is 51.1 Å². The first-order valence-electron chi connectivity index (χ1n) is 8.13. The second-order valence-electron chi connectivity index (χ2n) is 6.12. The Bertz CT molecular complexity index is 1090.